The topological polar surface area (TPSA) is 27.9 Å². The van der Waals surface area contributed by atoms with E-state index >= 15 is 0 Å². The average Bonchev–Trinajstić information content (AvgIpc) is 3.71. The molecule has 3 fully saturated rings. The highest BCUT2D eigenvalue weighted by molar-refractivity contribution is 6.20. The fourth-order valence-corrected chi connectivity index (χ4v) is 12.5. The molecule has 2 aromatic heterocycles. The summed E-state index contributed by atoms with van der Waals surface area (Å²) < 4.78 is 8.20. The van der Waals surface area contributed by atoms with Crippen LogP contribution in [0, 0.1) is 19.8 Å². The van der Waals surface area contributed by atoms with Crippen LogP contribution in [-0.2, 0) is 18.2 Å². The van der Waals surface area contributed by atoms with Crippen molar-refractivity contribution in [1.29, 1.82) is 0 Å². The second-order valence-electron chi connectivity index (χ2n) is 20.1. The van der Waals surface area contributed by atoms with Gasteiger partial charge in [0.15, 0.2) is 18.0 Å². The van der Waals surface area contributed by atoms with Crippen molar-refractivity contribution in [1.82, 2.24) is 14.5 Å². The van der Waals surface area contributed by atoms with E-state index in [9.17, 15) is 0 Å². The molecule has 298 valence electrons. The van der Waals surface area contributed by atoms with Crippen molar-refractivity contribution < 1.29 is 9.14 Å². The van der Waals surface area contributed by atoms with Crippen LogP contribution in [0.25, 0.3) is 54.7 Å². The molecule has 5 heteroatoms. The molecule has 5 nitrogen and oxygen atoms in total. The Morgan fingerprint density at radius 3 is 2.14 bits per heavy atom. The van der Waals surface area contributed by atoms with Crippen molar-refractivity contribution in [3.63, 3.8) is 0 Å². The monoisotopic (exact) mass is 770 g/mol. The number of fused-ring (bicyclic) bond motifs is 13. The molecule has 6 aromatic rings. The summed E-state index contributed by atoms with van der Waals surface area (Å²) >= 11 is 0. The summed E-state index contributed by atoms with van der Waals surface area (Å²) in [5.41, 5.74) is 13.6. The zero-order valence-corrected chi connectivity index (χ0v) is 36.0. The van der Waals surface area contributed by atoms with Crippen molar-refractivity contribution in [2.24, 2.45) is 13.0 Å². The molecule has 58 heavy (non-hydrogen) atoms. The van der Waals surface area contributed by atoms with E-state index in [1.807, 2.05) is 0 Å². The zero-order valence-electron chi connectivity index (χ0n) is 36.0. The molecule has 0 N–H and O–H groups in total. The maximum Gasteiger partial charge on any atom is 0.417 e. The maximum atomic E-state index is 5.64. The third-order valence-corrected chi connectivity index (χ3v) is 15.7. The summed E-state index contributed by atoms with van der Waals surface area (Å²) in [5.74, 6) is 0.0930. The van der Waals surface area contributed by atoms with E-state index in [2.05, 4.69) is 134 Å². The first-order valence-electron chi connectivity index (χ1n) is 23.1. The van der Waals surface area contributed by atoms with Crippen LogP contribution in [0.4, 0.5) is 0 Å². The Hall–Kier alpha value is -4.51. The predicted molar refractivity (Wildman–Crippen MR) is 241 cm³/mol. The lowest BCUT2D eigenvalue weighted by Crippen LogP contribution is -2.74. The summed E-state index contributed by atoms with van der Waals surface area (Å²) in [4.78, 5) is 8.59. The lowest BCUT2D eigenvalue weighted by atomic mass is 9.81. The quantitative estimate of drug-likeness (QED) is 0.168. The molecular weight excluding hydrogens is 707 g/mol. The second kappa shape index (κ2) is 13.5. The smallest absolute Gasteiger partial charge is 0.336 e. The largest absolute Gasteiger partial charge is 0.417 e. The summed E-state index contributed by atoms with van der Waals surface area (Å²) in [6.45, 7) is 11.6. The second-order valence-corrected chi connectivity index (χ2v) is 20.1. The van der Waals surface area contributed by atoms with Gasteiger partial charge in [-0.15, -0.1) is 4.57 Å². The van der Waals surface area contributed by atoms with Crippen molar-refractivity contribution in [3.8, 4) is 11.3 Å². The molecule has 4 heterocycles. The minimum atomic E-state index is -0.546. The third kappa shape index (κ3) is 5.23. The van der Waals surface area contributed by atoms with Gasteiger partial charge < -0.3 is 4.57 Å². The highest BCUT2D eigenvalue weighted by atomic mass is 15.5. The van der Waals surface area contributed by atoms with E-state index in [4.69, 9.17) is 4.98 Å². The minimum absolute atomic E-state index is 0.0688. The van der Waals surface area contributed by atoms with E-state index < -0.39 is 5.79 Å². The molecule has 1 unspecified atom stereocenters. The SMILES string of the molecule is Cc1ccc2ccc3c4nc[n+]5c(c4n(C)c3c2c1C)-c1c(ccc2cc(C(C)(C)C)ccc12)C51N(C2CCCCC2)C=C(C2CCCCC2)C=[N+]1C1CCCCC1. The van der Waals surface area contributed by atoms with Gasteiger partial charge in [-0.05, 0) is 114 Å². The van der Waals surface area contributed by atoms with E-state index in [1.165, 1.54) is 168 Å². The fraction of sp³-hybridized carbons (Fsp3) is 0.491. The lowest BCUT2D eigenvalue weighted by Gasteiger charge is -2.46. The third-order valence-electron chi connectivity index (χ3n) is 15.7. The highest BCUT2D eigenvalue weighted by Crippen LogP contribution is 2.52. The molecule has 3 saturated carbocycles. The molecule has 1 spiro atoms. The van der Waals surface area contributed by atoms with E-state index in [0.717, 1.165) is 5.52 Å². The van der Waals surface area contributed by atoms with Crippen LogP contribution < -0.4 is 4.57 Å². The molecule has 0 bridgehead atoms. The van der Waals surface area contributed by atoms with E-state index in [0.29, 0.717) is 18.0 Å². The van der Waals surface area contributed by atoms with Crippen LogP contribution in [-0.4, -0.2) is 37.3 Å². The Kier molecular flexibility index (Phi) is 8.52. The molecule has 3 aliphatic carbocycles. The summed E-state index contributed by atoms with van der Waals surface area (Å²) in [6, 6.07) is 22.6. The Bertz CT molecular complexity index is 2700. The Balaban J connectivity index is 1.29. The molecule has 2 aliphatic heterocycles. The van der Waals surface area contributed by atoms with Crippen molar-refractivity contribution >= 4 is 49.7 Å². The number of aryl methyl sites for hydroxylation is 3. The normalized spacial score (nSPS) is 22.3. The van der Waals surface area contributed by atoms with Crippen molar-refractivity contribution in [2.45, 2.75) is 154 Å². The summed E-state index contributed by atoms with van der Waals surface area (Å²) in [6.07, 6.45) is 27.4. The molecule has 11 rings (SSSR count). The lowest BCUT2D eigenvalue weighted by molar-refractivity contribution is -0.944. The summed E-state index contributed by atoms with van der Waals surface area (Å²) in [5, 5.41) is 6.61. The van der Waals surface area contributed by atoms with Crippen LogP contribution in [0.2, 0.25) is 0 Å². The molecule has 0 radical (unpaired) electrons. The van der Waals surface area contributed by atoms with E-state index in [1.54, 1.807) is 5.57 Å². The molecule has 1 atom stereocenters. The van der Waals surface area contributed by atoms with Crippen LogP contribution in [0.15, 0.2) is 72.7 Å². The highest BCUT2D eigenvalue weighted by Gasteiger charge is 2.66. The van der Waals surface area contributed by atoms with Crippen LogP contribution in [0.3, 0.4) is 0 Å². The first kappa shape index (κ1) is 36.6. The van der Waals surface area contributed by atoms with Gasteiger partial charge in [-0.3, -0.25) is 4.90 Å². The Morgan fingerprint density at radius 2 is 1.40 bits per heavy atom. The van der Waals surface area contributed by atoms with Crippen LogP contribution >= 0.6 is 0 Å². The first-order chi connectivity index (χ1) is 28.2. The number of hydrogen-bond donors (Lipinski definition) is 0. The molecule has 0 saturated heterocycles. The number of rotatable bonds is 3. The van der Waals surface area contributed by atoms with Crippen molar-refractivity contribution in [2.75, 3.05) is 0 Å². The summed E-state index contributed by atoms with van der Waals surface area (Å²) in [7, 11) is 2.33. The number of aromatic nitrogens is 3. The minimum Gasteiger partial charge on any atom is -0.336 e. The first-order valence-corrected chi connectivity index (χ1v) is 23.1. The molecular formula is C53H63N5+2. The predicted octanol–water partition coefficient (Wildman–Crippen LogP) is 12.4. The van der Waals surface area contributed by atoms with Gasteiger partial charge in [-0.1, -0.05) is 108 Å². The Labute approximate surface area is 345 Å². The standard InChI is InChI=1S/C53H63N5/c1-34-22-23-37-24-27-44-48-51(55(6)49(44)46(37)35(34)2)50-47-43-28-26-40(52(3,4)5)30-38(43)25-29-45(47)53(58(50)33-54-48)56(41-18-12-8-13-19-41)31-39(36-16-10-7-11-17-36)32-57(53)42-20-14-9-15-21-42/h22-33,36,41-42H,7-21H2,1-6H3/q+2. The zero-order chi connectivity index (χ0) is 39.5. The molecule has 0 amide bonds. The number of hydrogen-bond acceptors (Lipinski definition) is 2. The van der Waals surface area contributed by atoms with Crippen molar-refractivity contribution in [3.05, 3.63) is 95.0 Å². The number of benzene rings is 4. The van der Waals surface area contributed by atoms with Crippen LogP contribution in [0.1, 0.15) is 139 Å². The van der Waals surface area contributed by atoms with Gasteiger partial charge in [0.1, 0.15) is 11.1 Å². The Morgan fingerprint density at radius 1 is 0.724 bits per heavy atom. The van der Waals surface area contributed by atoms with Crippen LogP contribution in [0.5, 0.6) is 0 Å². The van der Waals surface area contributed by atoms with E-state index in [-0.39, 0.29) is 5.41 Å². The molecule has 4 aromatic carbocycles. The van der Waals surface area contributed by atoms with Gasteiger partial charge in [-0.25, -0.2) is 0 Å². The molecule has 5 aliphatic rings. The maximum absolute atomic E-state index is 5.64. The van der Waals surface area contributed by atoms with Gasteiger partial charge in [0.2, 0.25) is 5.52 Å². The van der Waals surface area contributed by atoms with Gasteiger partial charge >= 0.3 is 5.79 Å². The fourth-order valence-electron chi connectivity index (χ4n) is 12.5. The number of nitrogens with zero attached hydrogens (tertiary/aromatic N) is 5. The number of allylic oxidation sites excluding steroid dienone is 1. The van der Waals surface area contributed by atoms with Gasteiger partial charge in [-0.2, -0.15) is 4.58 Å². The van der Waals surface area contributed by atoms with Gasteiger partial charge in [0, 0.05) is 48.7 Å². The average molecular weight is 770 g/mol. The van der Waals surface area contributed by atoms with Gasteiger partial charge in [0.25, 0.3) is 6.33 Å². The van der Waals surface area contributed by atoms with Gasteiger partial charge in [0.05, 0.1) is 10.9 Å².